The first-order valence-electron chi connectivity index (χ1n) is 12.3. The van der Waals surface area contributed by atoms with E-state index in [-0.39, 0.29) is 24.4 Å². The van der Waals surface area contributed by atoms with Crippen molar-refractivity contribution < 1.29 is 14.3 Å². The lowest BCUT2D eigenvalue weighted by Gasteiger charge is -2.27. The van der Waals surface area contributed by atoms with Gasteiger partial charge in [0.2, 0.25) is 11.9 Å². The van der Waals surface area contributed by atoms with E-state index < -0.39 is 5.54 Å². The predicted octanol–water partition coefficient (Wildman–Crippen LogP) is 3.79. The average Bonchev–Trinajstić information content (AvgIpc) is 3.20. The first-order valence-corrected chi connectivity index (χ1v) is 12.7. The molecule has 9 nitrogen and oxygen atoms in total. The molecule has 2 N–H and O–H groups in total. The van der Waals surface area contributed by atoms with Crippen LogP contribution in [-0.4, -0.2) is 57.5 Å². The Morgan fingerprint density at radius 3 is 2.78 bits per heavy atom. The molecule has 0 atom stereocenters. The number of anilines is 1. The minimum Gasteiger partial charge on any atom is -0.381 e. The highest BCUT2D eigenvalue weighted by atomic mass is 35.5. The van der Waals surface area contributed by atoms with E-state index in [2.05, 4.69) is 25.6 Å². The number of carbonyl (C=O) groups excluding carboxylic acids is 2. The SMILES string of the molecule is CC(C)(NC(=O)CN1Cc2ccc(-c3nc(NC4CCOCC4)ncc3Cl)cc2C1=O)c1cccnc1. The van der Waals surface area contributed by atoms with Crippen molar-refractivity contribution in [3.8, 4) is 11.3 Å². The zero-order chi connectivity index (χ0) is 26.0. The lowest BCUT2D eigenvalue weighted by Crippen LogP contribution is -2.46. The number of carbonyl (C=O) groups is 2. The van der Waals surface area contributed by atoms with Gasteiger partial charge in [-0.05, 0) is 49.9 Å². The van der Waals surface area contributed by atoms with Crippen molar-refractivity contribution in [2.24, 2.45) is 0 Å². The van der Waals surface area contributed by atoms with Crippen LogP contribution in [0.5, 0.6) is 0 Å². The van der Waals surface area contributed by atoms with E-state index in [9.17, 15) is 9.59 Å². The van der Waals surface area contributed by atoms with Gasteiger partial charge in [-0.25, -0.2) is 9.97 Å². The fourth-order valence-corrected chi connectivity index (χ4v) is 4.87. The minimum absolute atomic E-state index is 0.0417. The molecule has 0 unspecified atom stereocenters. The van der Waals surface area contributed by atoms with Gasteiger partial charge in [-0.1, -0.05) is 29.8 Å². The molecule has 0 saturated carbocycles. The standard InChI is InChI=1S/C27H29ClN6O3/c1-27(2,19-4-3-9-29-13-19)33-23(35)16-34-15-18-6-5-17(12-21(18)25(34)36)24-22(28)14-30-26(32-24)31-20-7-10-37-11-8-20/h3-6,9,12-14,20H,7-8,10-11,15-16H2,1-2H3,(H,33,35)(H,30,31,32). The second kappa shape index (κ2) is 10.4. The normalized spacial score (nSPS) is 16.0. The van der Waals surface area contributed by atoms with Crippen molar-refractivity contribution in [2.45, 2.75) is 44.8 Å². The molecule has 37 heavy (non-hydrogen) atoms. The Labute approximate surface area is 220 Å². The molecule has 0 aliphatic carbocycles. The molecule has 5 rings (SSSR count). The smallest absolute Gasteiger partial charge is 0.254 e. The Morgan fingerprint density at radius 1 is 1.22 bits per heavy atom. The zero-order valence-corrected chi connectivity index (χ0v) is 21.6. The topological polar surface area (TPSA) is 109 Å². The molecule has 0 spiro atoms. The maximum absolute atomic E-state index is 13.2. The third-order valence-corrected chi connectivity index (χ3v) is 7.01. The third-order valence-electron chi connectivity index (χ3n) is 6.73. The summed E-state index contributed by atoms with van der Waals surface area (Å²) in [6, 6.07) is 9.57. The number of nitrogens with one attached hydrogen (secondary N) is 2. The number of hydrogen-bond donors (Lipinski definition) is 2. The van der Waals surface area contributed by atoms with Gasteiger partial charge in [0.15, 0.2) is 0 Å². The Morgan fingerprint density at radius 2 is 2.03 bits per heavy atom. The van der Waals surface area contributed by atoms with Crippen molar-refractivity contribution in [1.82, 2.24) is 25.2 Å². The van der Waals surface area contributed by atoms with Crippen molar-refractivity contribution >= 4 is 29.4 Å². The van der Waals surface area contributed by atoms with Crippen LogP contribution in [0.25, 0.3) is 11.3 Å². The van der Waals surface area contributed by atoms with Crippen LogP contribution in [0.4, 0.5) is 5.95 Å². The summed E-state index contributed by atoms with van der Waals surface area (Å²) < 4.78 is 5.41. The van der Waals surface area contributed by atoms with E-state index in [4.69, 9.17) is 16.3 Å². The first kappa shape index (κ1) is 25.1. The highest BCUT2D eigenvalue weighted by Gasteiger charge is 2.31. The molecule has 2 aliphatic heterocycles. The van der Waals surface area contributed by atoms with Gasteiger partial charge in [0.25, 0.3) is 5.91 Å². The van der Waals surface area contributed by atoms with Crippen molar-refractivity contribution in [3.05, 3.63) is 70.6 Å². The van der Waals surface area contributed by atoms with Crippen LogP contribution < -0.4 is 10.6 Å². The van der Waals surface area contributed by atoms with Crippen LogP contribution in [0.2, 0.25) is 5.02 Å². The number of nitrogens with zero attached hydrogens (tertiary/aromatic N) is 4. The number of hydrogen-bond acceptors (Lipinski definition) is 7. The Bertz CT molecular complexity index is 1310. The number of benzene rings is 1. The minimum atomic E-state index is -0.617. The lowest BCUT2D eigenvalue weighted by atomic mass is 9.96. The van der Waals surface area contributed by atoms with Gasteiger partial charge in [-0.2, -0.15) is 0 Å². The van der Waals surface area contributed by atoms with Crippen LogP contribution in [-0.2, 0) is 21.6 Å². The summed E-state index contributed by atoms with van der Waals surface area (Å²) in [5.41, 5.74) is 2.95. The number of amides is 2. The van der Waals surface area contributed by atoms with Crippen LogP contribution in [0.15, 0.2) is 48.9 Å². The summed E-state index contributed by atoms with van der Waals surface area (Å²) in [6.45, 7) is 5.56. The van der Waals surface area contributed by atoms with E-state index in [1.807, 2.05) is 38.1 Å². The molecule has 10 heteroatoms. The second-order valence-electron chi connectivity index (χ2n) is 9.87. The van der Waals surface area contributed by atoms with Gasteiger partial charge < -0.3 is 20.3 Å². The number of ether oxygens (including phenoxy) is 1. The maximum atomic E-state index is 13.2. The van der Waals surface area contributed by atoms with Gasteiger partial charge in [-0.3, -0.25) is 14.6 Å². The number of halogens is 1. The van der Waals surface area contributed by atoms with Crippen LogP contribution in [0.3, 0.4) is 0 Å². The molecular weight excluding hydrogens is 492 g/mol. The monoisotopic (exact) mass is 520 g/mol. The van der Waals surface area contributed by atoms with Crippen molar-refractivity contribution in [3.63, 3.8) is 0 Å². The van der Waals surface area contributed by atoms with E-state index in [1.165, 1.54) is 0 Å². The van der Waals surface area contributed by atoms with Crippen LogP contribution in [0, 0.1) is 0 Å². The maximum Gasteiger partial charge on any atom is 0.254 e. The molecule has 0 bridgehead atoms. The molecule has 3 aromatic rings. The quantitative estimate of drug-likeness (QED) is 0.487. The number of fused-ring (bicyclic) bond motifs is 1. The molecule has 4 heterocycles. The Kier molecular flexibility index (Phi) is 7.08. The largest absolute Gasteiger partial charge is 0.381 e. The molecule has 2 aliphatic rings. The fraction of sp³-hybridized carbons (Fsp3) is 0.370. The fourth-order valence-electron chi connectivity index (χ4n) is 4.67. The average molecular weight is 521 g/mol. The summed E-state index contributed by atoms with van der Waals surface area (Å²) >= 11 is 6.44. The summed E-state index contributed by atoms with van der Waals surface area (Å²) in [5.74, 6) is 0.0578. The predicted molar refractivity (Wildman–Crippen MR) is 140 cm³/mol. The van der Waals surface area contributed by atoms with Crippen molar-refractivity contribution in [2.75, 3.05) is 25.1 Å². The lowest BCUT2D eigenvalue weighted by molar-refractivity contribution is -0.123. The Hall–Kier alpha value is -3.56. The van der Waals surface area contributed by atoms with Crippen molar-refractivity contribution in [1.29, 1.82) is 0 Å². The van der Waals surface area contributed by atoms with E-state index >= 15 is 0 Å². The van der Waals surface area contributed by atoms with Gasteiger partial charge in [0.05, 0.1) is 22.5 Å². The molecule has 1 fully saturated rings. The molecule has 2 amide bonds. The zero-order valence-electron chi connectivity index (χ0n) is 20.8. The molecule has 2 aromatic heterocycles. The van der Waals surface area contributed by atoms with Crippen LogP contribution in [0.1, 0.15) is 48.2 Å². The summed E-state index contributed by atoms with van der Waals surface area (Å²) in [6.07, 6.45) is 6.76. The van der Waals surface area contributed by atoms with Crippen LogP contribution >= 0.6 is 11.6 Å². The van der Waals surface area contributed by atoms with Gasteiger partial charge in [0, 0.05) is 49.3 Å². The second-order valence-corrected chi connectivity index (χ2v) is 10.3. The third kappa shape index (κ3) is 5.57. The summed E-state index contributed by atoms with van der Waals surface area (Å²) in [5, 5.41) is 6.76. The molecule has 0 radical (unpaired) electrons. The molecular formula is C27H29ClN6O3. The number of pyridine rings is 1. The number of rotatable bonds is 7. The van der Waals surface area contributed by atoms with E-state index in [1.54, 1.807) is 29.6 Å². The Balaban J connectivity index is 1.29. The van der Waals surface area contributed by atoms with Gasteiger partial charge in [-0.15, -0.1) is 0 Å². The summed E-state index contributed by atoms with van der Waals surface area (Å²) in [4.78, 5) is 40.7. The molecule has 192 valence electrons. The highest BCUT2D eigenvalue weighted by Crippen LogP contribution is 2.32. The summed E-state index contributed by atoms with van der Waals surface area (Å²) in [7, 11) is 0. The molecule has 1 saturated heterocycles. The molecule has 1 aromatic carbocycles. The van der Waals surface area contributed by atoms with Gasteiger partial charge >= 0.3 is 0 Å². The van der Waals surface area contributed by atoms with E-state index in [0.29, 0.717) is 42.0 Å². The van der Waals surface area contributed by atoms with E-state index in [0.717, 1.165) is 29.5 Å². The highest BCUT2D eigenvalue weighted by molar-refractivity contribution is 6.33. The first-order chi connectivity index (χ1) is 17.8. The number of aromatic nitrogens is 3. The van der Waals surface area contributed by atoms with Gasteiger partial charge in [0.1, 0.15) is 6.54 Å².